The molecule has 0 aliphatic heterocycles. The lowest BCUT2D eigenvalue weighted by molar-refractivity contribution is 0.581. The quantitative estimate of drug-likeness (QED) is 0.583. The number of hydrazone groups is 1. The van der Waals surface area contributed by atoms with E-state index in [1.54, 1.807) is 12.1 Å². The van der Waals surface area contributed by atoms with Gasteiger partial charge in [-0.05, 0) is 36.2 Å². The van der Waals surface area contributed by atoms with Crippen LogP contribution in [0.2, 0.25) is 0 Å². The Kier molecular flexibility index (Phi) is 6.24. The predicted molar refractivity (Wildman–Crippen MR) is 94.1 cm³/mol. The number of hydrogen-bond acceptors (Lipinski definition) is 6. The second-order valence-electron chi connectivity index (χ2n) is 4.95. The van der Waals surface area contributed by atoms with Crippen LogP contribution in [0.1, 0.15) is 5.56 Å². The van der Waals surface area contributed by atoms with Gasteiger partial charge in [-0.1, -0.05) is 30.3 Å². The summed E-state index contributed by atoms with van der Waals surface area (Å²) in [5.41, 5.74) is 3.71. The van der Waals surface area contributed by atoms with E-state index in [1.807, 2.05) is 30.3 Å². The highest BCUT2D eigenvalue weighted by Crippen LogP contribution is 2.14. The zero-order valence-electron chi connectivity index (χ0n) is 13.2. The Morgan fingerprint density at radius 2 is 1.64 bits per heavy atom. The summed E-state index contributed by atoms with van der Waals surface area (Å²) < 4.78 is 27.0. The maximum Gasteiger partial charge on any atom is 0.240 e. The molecule has 25 heavy (non-hydrogen) atoms. The number of sulfonamides is 1. The molecule has 0 saturated heterocycles. The van der Waals surface area contributed by atoms with E-state index in [-0.39, 0.29) is 10.6 Å². The summed E-state index contributed by atoms with van der Waals surface area (Å²) in [5.74, 6) is 0. The van der Waals surface area contributed by atoms with Gasteiger partial charge in [0.1, 0.15) is 12.1 Å². The van der Waals surface area contributed by atoms with Gasteiger partial charge >= 0.3 is 0 Å². The Hall–Kier alpha value is -3.20. The zero-order valence-corrected chi connectivity index (χ0v) is 14.0. The van der Waals surface area contributed by atoms with Crippen molar-refractivity contribution in [2.75, 3.05) is 12.0 Å². The van der Waals surface area contributed by atoms with Crippen LogP contribution in [0.25, 0.3) is 0 Å². The number of nitriles is 2. The number of rotatable bonds is 7. The molecule has 0 radical (unpaired) electrons. The predicted octanol–water partition coefficient (Wildman–Crippen LogP) is 2.02. The smallest absolute Gasteiger partial charge is 0.240 e. The molecule has 0 bridgehead atoms. The van der Waals surface area contributed by atoms with Gasteiger partial charge < -0.3 is 0 Å². The Balaban J connectivity index is 1.97. The van der Waals surface area contributed by atoms with Gasteiger partial charge in [0.2, 0.25) is 15.7 Å². The van der Waals surface area contributed by atoms with E-state index in [2.05, 4.69) is 15.2 Å². The molecule has 0 aliphatic carbocycles. The molecule has 0 unspecified atom stereocenters. The van der Waals surface area contributed by atoms with Gasteiger partial charge in [0.05, 0.1) is 10.6 Å². The second-order valence-corrected chi connectivity index (χ2v) is 6.72. The van der Waals surface area contributed by atoms with Crippen LogP contribution in [0.3, 0.4) is 0 Å². The lowest BCUT2D eigenvalue weighted by Gasteiger charge is -2.08. The summed E-state index contributed by atoms with van der Waals surface area (Å²) in [7, 11) is -3.61. The van der Waals surface area contributed by atoms with Gasteiger partial charge in [-0.3, -0.25) is 5.43 Å². The van der Waals surface area contributed by atoms with Crippen molar-refractivity contribution >= 4 is 21.4 Å². The van der Waals surface area contributed by atoms with Crippen molar-refractivity contribution in [2.45, 2.75) is 11.3 Å². The Morgan fingerprint density at radius 1 is 1.00 bits per heavy atom. The lowest BCUT2D eigenvalue weighted by atomic mass is 10.2. The minimum atomic E-state index is -3.61. The van der Waals surface area contributed by atoms with Crippen molar-refractivity contribution < 1.29 is 8.42 Å². The lowest BCUT2D eigenvalue weighted by Crippen LogP contribution is -2.25. The Labute approximate surface area is 146 Å². The summed E-state index contributed by atoms with van der Waals surface area (Å²) >= 11 is 0. The molecule has 0 amide bonds. The average molecular weight is 353 g/mol. The third-order valence-corrected chi connectivity index (χ3v) is 4.70. The van der Waals surface area contributed by atoms with Crippen LogP contribution in [0.4, 0.5) is 5.69 Å². The van der Waals surface area contributed by atoms with Gasteiger partial charge in [0.25, 0.3) is 0 Å². The van der Waals surface area contributed by atoms with Crippen molar-refractivity contribution in [1.29, 1.82) is 10.5 Å². The van der Waals surface area contributed by atoms with Crippen molar-refractivity contribution in [2.24, 2.45) is 5.10 Å². The van der Waals surface area contributed by atoms with E-state index < -0.39 is 10.0 Å². The molecule has 8 heteroatoms. The van der Waals surface area contributed by atoms with E-state index >= 15 is 0 Å². The first-order chi connectivity index (χ1) is 12.0. The molecule has 2 aromatic rings. The van der Waals surface area contributed by atoms with Crippen molar-refractivity contribution in [3.05, 3.63) is 60.2 Å². The van der Waals surface area contributed by atoms with E-state index in [1.165, 1.54) is 24.3 Å². The molecule has 0 fully saturated rings. The van der Waals surface area contributed by atoms with Gasteiger partial charge in [-0.25, -0.2) is 13.1 Å². The van der Waals surface area contributed by atoms with Crippen molar-refractivity contribution in [3.63, 3.8) is 0 Å². The maximum absolute atomic E-state index is 12.2. The van der Waals surface area contributed by atoms with Crippen LogP contribution in [-0.2, 0) is 16.4 Å². The van der Waals surface area contributed by atoms with Gasteiger partial charge in [-0.15, -0.1) is 0 Å². The molecule has 0 aromatic heterocycles. The summed E-state index contributed by atoms with van der Waals surface area (Å²) in [6, 6.07) is 18.7. The Morgan fingerprint density at radius 3 is 2.24 bits per heavy atom. The largest absolute Gasteiger partial charge is 0.277 e. The number of nitrogens with one attached hydrogen (secondary N) is 2. The Bertz CT molecular complexity index is 908. The highest BCUT2D eigenvalue weighted by Gasteiger charge is 2.13. The molecule has 2 rings (SSSR count). The molecule has 0 heterocycles. The normalized spacial score (nSPS) is 10.3. The first kappa shape index (κ1) is 18.1. The van der Waals surface area contributed by atoms with Gasteiger partial charge in [0, 0.05) is 6.54 Å². The van der Waals surface area contributed by atoms with Crippen LogP contribution in [0.5, 0.6) is 0 Å². The first-order valence-corrected chi connectivity index (χ1v) is 8.81. The molecule has 0 spiro atoms. The molecular weight excluding hydrogens is 338 g/mol. The fourth-order valence-corrected chi connectivity index (χ4v) is 2.99. The molecule has 0 aliphatic rings. The van der Waals surface area contributed by atoms with Crippen LogP contribution in [0.15, 0.2) is 64.6 Å². The highest BCUT2D eigenvalue weighted by atomic mass is 32.2. The SMILES string of the molecule is N#CC(C#N)=NNc1ccc(S(=O)(=O)NCCc2ccccc2)cc1. The zero-order chi connectivity index (χ0) is 18.1. The summed E-state index contributed by atoms with van der Waals surface area (Å²) in [5, 5.41) is 20.8. The topological polar surface area (TPSA) is 118 Å². The summed E-state index contributed by atoms with van der Waals surface area (Å²) in [6.07, 6.45) is 0.597. The van der Waals surface area contributed by atoms with E-state index in [9.17, 15) is 8.42 Å². The van der Waals surface area contributed by atoms with Crippen LogP contribution >= 0.6 is 0 Å². The molecule has 7 nitrogen and oxygen atoms in total. The monoisotopic (exact) mass is 353 g/mol. The number of anilines is 1. The molecule has 126 valence electrons. The van der Waals surface area contributed by atoms with Gasteiger partial charge in [-0.2, -0.15) is 15.6 Å². The van der Waals surface area contributed by atoms with E-state index in [0.717, 1.165) is 5.56 Å². The fraction of sp³-hybridized carbons (Fsp3) is 0.118. The van der Waals surface area contributed by atoms with Crippen molar-refractivity contribution in [1.82, 2.24) is 4.72 Å². The highest BCUT2D eigenvalue weighted by molar-refractivity contribution is 7.89. The third kappa shape index (κ3) is 5.43. The minimum absolute atomic E-state index is 0.121. The summed E-state index contributed by atoms with van der Waals surface area (Å²) in [6.45, 7) is 0.296. The molecular formula is C17H15N5O2S. The average Bonchev–Trinajstić information content (AvgIpc) is 2.64. The number of benzene rings is 2. The number of nitrogens with zero attached hydrogens (tertiary/aromatic N) is 3. The van der Waals surface area contributed by atoms with E-state index in [0.29, 0.717) is 18.7 Å². The van der Waals surface area contributed by atoms with Gasteiger partial charge in [0.15, 0.2) is 0 Å². The van der Waals surface area contributed by atoms with Crippen LogP contribution in [0, 0.1) is 22.7 Å². The maximum atomic E-state index is 12.2. The second kappa shape index (κ2) is 8.60. The van der Waals surface area contributed by atoms with Crippen LogP contribution < -0.4 is 10.1 Å². The minimum Gasteiger partial charge on any atom is -0.277 e. The number of hydrogen-bond donors (Lipinski definition) is 2. The molecule has 2 N–H and O–H groups in total. The molecule has 0 saturated carbocycles. The van der Waals surface area contributed by atoms with Crippen LogP contribution in [-0.4, -0.2) is 20.7 Å². The standard InChI is InChI=1S/C17H15N5O2S/c18-12-16(13-19)22-21-15-6-8-17(9-7-15)25(23,24)20-11-10-14-4-2-1-3-5-14/h1-9,20-21H,10-11H2. The fourth-order valence-electron chi connectivity index (χ4n) is 1.96. The molecule has 2 aromatic carbocycles. The third-order valence-electron chi connectivity index (χ3n) is 3.22. The van der Waals surface area contributed by atoms with Crippen molar-refractivity contribution in [3.8, 4) is 12.1 Å². The first-order valence-electron chi connectivity index (χ1n) is 7.33. The summed E-state index contributed by atoms with van der Waals surface area (Å²) in [4.78, 5) is 0.121. The molecule has 0 atom stereocenters. The van der Waals surface area contributed by atoms with E-state index in [4.69, 9.17) is 10.5 Å².